The molecule has 2 amide bonds. The monoisotopic (exact) mass is 579 g/mol. The fraction of sp³-hybridized carbons (Fsp3) is 0.355. The Morgan fingerprint density at radius 1 is 0.927 bits per heavy atom. The Hall–Kier alpha value is -4.05. The average Bonchev–Trinajstić information content (AvgIpc) is 2.96. The van der Waals surface area contributed by atoms with Crippen molar-refractivity contribution in [2.24, 2.45) is 0 Å². The molecular weight excluding hydrogens is 542 g/mol. The summed E-state index contributed by atoms with van der Waals surface area (Å²) in [5.74, 6) is 0.0972. The van der Waals surface area contributed by atoms with Gasteiger partial charge in [-0.25, -0.2) is 8.42 Å². The number of sulfonamides is 1. The fourth-order valence-electron chi connectivity index (χ4n) is 4.63. The molecule has 1 unspecified atom stereocenters. The normalized spacial score (nSPS) is 13.4. The summed E-state index contributed by atoms with van der Waals surface area (Å²) in [7, 11) is -4.17. The first-order valence-corrected chi connectivity index (χ1v) is 15.2. The lowest BCUT2D eigenvalue weighted by Gasteiger charge is -2.33. The Morgan fingerprint density at radius 3 is 2.22 bits per heavy atom. The summed E-state index contributed by atoms with van der Waals surface area (Å²) in [4.78, 5) is 28.9. The number of amides is 2. The molecule has 10 heteroatoms. The minimum atomic E-state index is -4.17. The highest BCUT2D eigenvalue weighted by atomic mass is 32.2. The van der Waals surface area contributed by atoms with Crippen molar-refractivity contribution >= 4 is 27.5 Å². The Morgan fingerprint density at radius 2 is 1.59 bits per heavy atom. The number of nitrogens with zero attached hydrogens (tertiary/aromatic N) is 2. The van der Waals surface area contributed by atoms with Gasteiger partial charge in [-0.05, 0) is 57.0 Å². The number of nitrogens with one attached hydrogen (secondary N) is 1. The maximum Gasteiger partial charge on any atom is 0.264 e. The zero-order chi connectivity index (χ0) is 29.6. The predicted molar refractivity (Wildman–Crippen MR) is 157 cm³/mol. The van der Waals surface area contributed by atoms with Gasteiger partial charge in [0.1, 0.15) is 25.8 Å². The molecule has 0 fully saturated rings. The standard InChI is InChI=1S/C31H37N3O6S/c1-5-27(31(36)32-22(2)3)33(20-24-13-11-23(4)12-14-24)30(35)21-34(41(37,38)26-9-7-6-8-10-26)25-15-16-28-29(19-25)40-18-17-39-28/h6-16,19,22,27H,5,17-18,20-21H2,1-4H3,(H,32,36). The molecule has 1 N–H and O–H groups in total. The lowest BCUT2D eigenvalue weighted by atomic mass is 10.1. The third-order valence-electron chi connectivity index (χ3n) is 6.71. The molecule has 0 spiro atoms. The molecule has 1 atom stereocenters. The summed E-state index contributed by atoms with van der Waals surface area (Å²) >= 11 is 0. The molecule has 0 saturated heterocycles. The van der Waals surface area contributed by atoms with E-state index in [1.165, 1.54) is 17.0 Å². The first-order chi connectivity index (χ1) is 19.6. The summed E-state index contributed by atoms with van der Waals surface area (Å²) < 4.78 is 40.3. The van der Waals surface area contributed by atoms with Gasteiger partial charge in [-0.3, -0.25) is 13.9 Å². The van der Waals surface area contributed by atoms with Gasteiger partial charge < -0.3 is 19.7 Å². The van der Waals surface area contributed by atoms with Crippen molar-refractivity contribution < 1.29 is 27.5 Å². The Labute approximate surface area is 242 Å². The molecule has 0 saturated carbocycles. The van der Waals surface area contributed by atoms with E-state index in [-0.39, 0.29) is 29.1 Å². The van der Waals surface area contributed by atoms with Gasteiger partial charge in [0, 0.05) is 18.7 Å². The number of hydrogen-bond acceptors (Lipinski definition) is 6. The van der Waals surface area contributed by atoms with Crippen molar-refractivity contribution in [3.63, 3.8) is 0 Å². The van der Waals surface area contributed by atoms with E-state index in [0.717, 1.165) is 15.4 Å². The Balaban J connectivity index is 1.75. The van der Waals surface area contributed by atoms with Gasteiger partial charge in [-0.1, -0.05) is 55.0 Å². The third-order valence-corrected chi connectivity index (χ3v) is 8.50. The van der Waals surface area contributed by atoms with Crippen LogP contribution in [-0.2, 0) is 26.2 Å². The van der Waals surface area contributed by atoms with Crippen molar-refractivity contribution in [1.82, 2.24) is 10.2 Å². The molecule has 3 aromatic carbocycles. The summed E-state index contributed by atoms with van der Waals surface area (Å²) in [6.07, 6.45) is 0.353. The molecule has 0 bridgehead atoms. The largest absolute Gasteiger partial charge is 0.486 e. The highest BCUT2D eigenvalue weighted by Gasteiger charge is 2.34. The molecule has 9 nitrogen and oxygen atoms in total. The van der Waals surface area contributed by atoms with Crippen LogP contribution in [-0.4, -0.2) is 57.0 Å². The molecule has 4 rings (SSSR count). The van der Waals surface area contributed by atoms with Gasteiger partial charge in [0.2, 0.25) is 11.8 Å². The minimum Gasteiger partial charge on any atom is -0.486 e. The zero-order valence-corrected chi connectivity index (χ0v) is 24.7. The van der Waals surface area contributed by atoms with Crippen molar-refractivity contribution in [2.75, 3.05) is 24.1 Å². The number of rotatable bonds is 11. The third kappa shape index (κ3) is 7.18. The summed E-state index contributed by atoms with van der Waals surface area (Å²) in [6, 6.07) is 19.5. The van der Waals surface area contributed by atoms with Crippen LogP contribution >= 0.6 is 0 Å². The summed E-state index contributed by atoms with van der Waals surface area (Å²) in [6.45, 7) is 7.85. The van der Waals surface area contributed by atoms with Gasteiger partial charge in [0.05, 0.1) is 10.6 Å². The topological polar surface area (TPSA) is 105 Å². The predicted octanol–water partition coefficient (Wildman–Crippen LogP) is 4.29. The molecule has 0 aliphatic carbocycles. The van der Waals surface area contributed by atoms with E-state index >= 15 is 0 Å². The number of ether oxygens (including phenoxy) is 2. The molecule has 0 radical (unpaired) electrons. The number of anilines is 1. The smallest absolute Gasteiger partial charge is 0.264 e. The first kappa shape index (κ1) is 29.9. The summed E-state index contributed by atoms with van der Waals surface area (Å²) in [5, 5.41) is 2.90. The lowest BCUT2D eigenvalue weighted by molar-refractivity contribution is -0.140. The Bertz CT molecular complexity index is 1460. The second kappa shape index (κ2) is 13.1. The van der Waals surface area contributed by atoms with E-state index in [2.05, 4.69) is 5.32 Å². The van der Waals surface area contributed by atoms with Crippen LogP contribution in [0, 0.1) is 6.92 Å². The van der Waals surface area contributed by atoms with Crippen LogP contribution < -0.4 is 19.1 Å². The van der Waals surface area contributed by atoms with Crippen LogP contribution in [0.4, 0.5) is 5.69 Å². The van der Waals surface area contributed by atoms with Gasteiger partial charge in [-0.2, -0.15) is 0 Å². The molecule has 0 aromatic heterocycles. The highest BCUT2D eigenvalue weighted by molar-refractivity contribution is 7.92. The molecule has 1 aliphatic heterocycles. The van der Waals surface area contributed by atoms with Crippen LogP contribution in [0.15, 0.2) is 77.7 Å². The van der Waals surface area contributed by atoms with Crippen LogP contribution in [0.25, 0.3) is 0 Å². The lowest BCUT2D eigenvalue weighted by Crippen LogP contribution is -2.53. The van der Waals surface area contributed by atoms with Gasteiger partial charge in [0.15, 0.2) is 11.5 Å². The van der Waals surface area contributed by atoms with Crippen LogP contribution in [0.5, 0.6) is 11.5 Å². The Kier molecular flexibility index (Phi) is 9.54. The maximum absolute atomic E-state index is 14.1. The van der Waals surface area contributed by atoms with Gasteiger partial charge in [-0.15, -0.1) is 0 Å². The number of carbonyl (C=O) groups excluding carboxylic acids is 2. The van der Waals surface area contributed by atoms with Crippen LogP contribution in [0.1, 0.15) is 38.3 Å². The number of aryl methyl sites for hydroxylation is 1. The molecular formula is C31H37N3O6S. The average molecular weight is 580 g/mol. The van der Waals surface area contributed by atoms with Crippen molar-refractivity contribution in [3.05, 3.63) is 83.9 Å². The van der Waals surface area contributed by atoms with Gasteiger partial charge in [0.25, 0.3) is 10.0 Å². The quantitative estimate of drug-likeness (QED) is 0.363. The van der Waals surface area contributed by atoms with E-state index in [1.54, 1.807) is 36.4 Å². The summed E-state index contributed by atoms with van der Waals surface area (Å²) in [5.41, 5.74) is 2.15. The second-order valence-corrected chi connectivity index (χ2v) is 12.1. The highest BCUT2D eigenvalue weighted by Crippen LogP contribution is 2.36. The number of hydrogen-bond donors (Lipinski definition) is 1. The minimum absolute atomic E-state index is 0.0392. The van der Waals surface area contributed by atoms with Crippen LogP contribution in [0.3, 0.4) is 0 Å². The molecule has 41 heavy (non-hydrogen) atoms. The molecule has 1 heterocycles. The first-order valence-electron chi connectivity index (χ1n) is 13.7. The number of benzene rings is 3. The molecule has 1 aliphatic rings. The SMILES string of the molecule is CCC(C(=O)NC(C)C)N(Cc1ccc(C)cc1)C(=O)CN(c1ccc2c(c1)OCCO2)S(=O)(=O)c1ccccc1. The van der Waals surface area contributed by atoms with Crippen molar-refractivity contribution in [1.29, 1.82) is 0 Å². The number of carbonyl (C=O) groups is 2. The van der Waals surface area contributed by atoms with E-state index in [4.69, 9.17) is 9.47 Å². The van der Waals surface area contributed by atoms with Crippen molar-refractivity contribution in [2.45, 2.75) is 57.6 Å². The van der Waals surface area contributed by atoms with E-state index in [1.807, 2.05) is 52.0 Å². The molecule has 3 aromatic rings. The zero-order valence-electron chi connectivity index (χ0n) is 23.9. The van der Waals surface area contributed by atoms with Crippen LogP contribution in [0.2, 0.25) is 0 Å². The van der Waals surface area contributed by atoms with E-state index < -0.39 is 28.5 Å². The maximum atomic E-state index is 14.1. The van der Waals surface area contributed by atoms with E-state index in [9.17, 15) is 18.0 Å². The van der Waals surface area contributed by atoms with Crippen molar-refractivity contribution in [3.8, 4) is 11.5 Å². The van der Waals surface area contributed by atoms with E-state index in [0.29, 0.717) is 31.1 Å². The second-order valence-electron chi connectivity index (χ2n) is 10.2. The molecule has 218 valence electrons. The fourth-order valence-corrected chi connectivity index (χ4v) is 6.05. The van der Waals surface area contributed by atoms with Gasteiger partial charge >= 0.3 is 0 Å². The number of fused-ring (bicyclic) bond motifs is 1.